The van der Waals surface area contributed by atoms with Crippen molar-refractivity contribution in [2.45, 2.75) is 25.8 Å². The van der Waals surface area contributed by atoms with Crippen molar-refractivity contribution in [2.75, 3.05) is 19.6 Å². The number of para-hydroxylation sites is 2. The Balaban J connectivity index is 1.49. The second-order valence-electron chi connectivity index (χ2n) is 6.67. The number of amides is 2. The van der Waals surface area contributed by atoms with Crippen LogP contribution in [0.1, 0.15) is 29.2 Å². The SMILES string of the molecule is O=C(NCCc1nc2ccccc2n1CC(=O)N1CCCC1)c1ccco1. The van der Waals surface area contributed by atoms with Gasteiger partial charge in [0, 0.05) is 26.1 Å². The summed E-state index contributed by atoms with van der Waals surface area (Å²) in [5, 5.41) is 2.83. The zero-order valence-corrected chi connectivity index (χ0v) is 15.1. The maximum atomic E-state index is 12.6. The molecule has 0 aliphatic carbocycles. The highest BCUT2D eigenvalue weighted by Crippen LogP contribution is 2.18. The van der Waals surface area contributed by atoms with Crippen LogP contribution in [0.2, 0.25) is 0 Å². The van der Waals surface area contributed by atoms with E-state index >= 15 is 0 Å². The number of nitrogens with zero attached hydrogens (tertiary/aromatic N) is 3. The van der Waals surface area contributed by atoms with Crippen LogP contribution in [0, 0.1) is 0 Å². The minimum absolute atomic E-state index is 0.122. The highest BCUT2D eigenvalue weighted by molar-refractivity contribution is 5.91. The number of likely N-dealkylation sites (tertiary alicyclic amines) is 1. The van der Waals surface area contributed by atoms with Crippen LogP contribution in [0.5, 0.6) is 0 Å². The standard InChI is InChI=1S/C20H22N4O3/c25-19(23-11-3-4-12-23)14-24-16-7-2-1-6-15(16)22-18(24)9-10-21-20(26)17-8-5-13-27-17/h1-2,5-8,13H,3-4,9-12,14H2,(H,21,26). The average molecular weight is 366 g/mol. The summed E-state index contributed by atoms with van der Waals surface area (Å²) in [4.78, 5) is 31.2. The van der Waals surface area contributed by atoms with Gasteiger partial charge >= 0.3 is 0 Å². The molecule has 3 heterocycles. The number of fused-ring (bicyclic) bond motifs is 1. The van der Waals surface area contributed by atoms with E-state index < -0.39 is 0 Å². The third kappa shape index (κ3) is 3.72. The van der Waals surface area contributed by atoms with Gasteiger partial charge in [0.05, 0.1) is 17.3 Å². The summed E-state index contributed by atoms with van der Waals surface area (Å²) in [5.74, 6) is 0.948. The van der Waals surface area contributed by atoms with Crippen molar-refractivity contribution in [3.8, 4) is 0 Å². The molecule has 140 valence electrons. The van der Waals surface area contributed by atoms with Crippen molar-refractivity contribution in [2.24, 2.45) is 0 Å². The number of benzene rings is 1. The third-order valence-corrected chi connectivity index (χ3v) is 4.86. The van der Waals surface area contributed by atoms with Gasteiger partial charge in [0.1, 0.15) is 12.4 Å². The minimum Gasteiger partial charge on any atom is -0.459 e. The van der Waals surface area contributed by atoms with Crippen molar-refractivity contribution < 1.29 is 14.0 Å². The van der Waals surface area contributed by atoms with Crippen molar-refractivity contribution in [1.29, 1.82) is 0 Å². The smallest absolute Gasteiger partial charge is 0.286 e. The lowest BCUT2D eigenvalue weighted by molar-refractivity contribution is -0.130. The van der Waals surface area contributed by atoms with E-state index in [9.17, 15) is 9.59 Å². The minimum atomic E-state index is -0.254. The maximum absolute atomic E-state index is 12.6. The van der Waals surface area contributed by atoms with Crippen LogP contribution in [-0.4, -0.2) is 45.9 Å². The monoisotopic (exact) mass is 366 g/mol. The molecule has 7 heteroatoms. The molecule has 1 aliphatic heterocycles. The summed E-state index contributed by atoms with van der Waals surface area (Å²) in [6.45, 7) is 2.36. The highest BCUT2D eigenvalue weighted by Gasteiger charge is 2.20. The van der Waals surface area contributed by atoms with Crippen molar-refractivity contribution in [1.82, 2.24) is 19.8 Å². The predicted molar refractivity (Wildman–Crippen MR) is 100 cm³/mol. The first-order valence-corrected chi connectivity index (χ1v) is 9.26. The molecule has 0 bridgehead atoms. The van der Waals surface area contributed by atoms with Crippen LogP contribution in [-0.2, 0) is 17.8 Å². The number of rotatable bonds is 6. The molecule has 0 spiro atoms. The number of nitrogens with one attached hydrogen (secondary N) is 1. The van der Waals surface area contributed by atoms with E-state index in [1.165, 1.54) is 6.26 Å². The van der Waals surface area contributed by atoms with Crippen LogP contribution in [0.4, 0.5) is 0 Å². The van der Waals surface area contributed by atoms with Gasteiger partial charge in [0.15, 0.2) is 5.76 Å². The van der Waals surface area contributed by atoms with E-state index in [2.05, 4.69) is 10.3 Å². The Kier molecular flexibility index (Phi) is 4.91. The molecule has 4 rings (SSSR count). The number of carbonyl (C=O) groups is 2. The van der Waals surface area contributed by atoms with Gasteiger partial charge in [-0.25, -0.2) is 4.98 Å². The fraction of sp³-hybridized carbons (Fsp3) is 0.350. The van der Waals surface area contributed by atoms with Gasteiger partial charge in [-0.2, -0.15) is 0 Å². The quantitative estimate of drug-likeness (QED) is 0.725. The van der Waals surface area contributed by atoms with Crippen molar-refractivity contribution in [3.05, 3.63) is 54.2 Å². The Morgan fingerprint density at radius 2 is 1.93 bits per heavy atom. The normalized spacial score (nSPS) is 14.0. The molecule has 1 aliphatic rings. The first-order valence-electron chi connectivity index (χ1n) is 9.26. The highest BCUT2D eigenvalue weighted by atomic mass is 16.3. The fourth-order valence-electron chi connectivity index (χ4n) is 3.48. The number of hydrogen-bond acceptors (Lipinski definition) is 4. The zero-order chi connectivity index (χ0) is 18.6. The molecule has 1 fully saturated rings. The number of furan rings is 1. The van der Waals surface area contributed by atoms with Crippen molar-refractivity contribution >= 4 is 22.8 Å². The predicted octanol–water partition coefficient (Wildman–Crippen LogP) is 2.22. The summed E-state index contributed by atoms with van der Waals surface area (Å²) in [7, 11) is 0. The number of hydrogen-bond donors (Lipinski definition) is 1. The van der Waals surface area contributed by atoms with Crippen LogP contribution >= 0.6 is 0 Å². The molecule has 0 radical (unpaired) electrons. The van der Waals surface area contributed by atoms with E-state index in [1.807, 2.05) is 33.7 Å². The summed E-state index contributed by atoms with van der Waals surface area (Å²) in [6.07, 6.45) is 4.15. The van der Waals surface area contributed by atoms with Gasteiger partial charge in [-0.15, -0.1) is 0 Å². The van der Waals surface area contributed by atoms with E-state index in [4.69, 9.17) is 4.42 Å². The molecule has 1 aromatic carbocycles. The van der Waals surface area contributed by atoms with Gasteiger partial charge < -0.3 is 19.2 Å². The Morgan fingerprint density at radius 1 is 1.11 bits per heavy atom. The molecule has 0 unspecified atom stereocenters. The number of imidazole rings is 1. The summed E-state index contributed by atoms with van der Waals surface area (Å²) >= 11 is 0. The Morgan fingerprint density at radius 3 is 2.70 bits per heavy atom. The average Bonchev–Trinajstić information content (AvgIpc) is 3.43. The van der Waals surface area contributed by atoms with Gasteiger partial charge in [-0.3, -0.25) is 9.59 Å². The summed E-state index contributed by atoms with van der Waals surface area (Å²) < 4.78 is 7.06. The lowest BCUT2D eigenvalue weighted by atomic mass is 10.3. The molecule has 2 aromatic heterocycles. The maximum Gasteiger partial charge on any atom is 0.286 e. The van der Waals surface area contributed by atoms with Gasteiger partial charge in [-0.1, -0.05) is 12.1 Å². The molecule has 0 atom stereocenters. The van der Waals surface area contributed by atoms with E-state index in [-0.39, 0.29) is 24.1 Å². The topological polar surface area (TPSA) is 80.4 Å². The van der Waals surface area contributed by atoms with Crippen LogP contribution in [0.25, 0.3) is 11.0 Å². The van der Waals surface area contributed by atoms with Crippen LogP contribution < -0.4 is 5.32 Å². The summed E-state index contributed by atoms with van der Waals surface area (Å²) in [5.41, 5.74) is 1.80. The molecule has 2 amide bonds. The molecule has 3 aromatic rings. The fourth-order valence-corrected chi connectivity index (χ4v) is 3.48. The second kappa shape index (κ2) is 7.65. The number of carbonyl (C=O) groups excluding carboxylic acids is 2. The second-order valence-corrected chi connectivity index (χ2v) is 6.67. The Hall–Kier alpha value is -3.09. The number of aromatic nitrogens is 2. The third-order valence-electron chi connectivity index (χ3n) is 4.86. The summed E-state index contributed by atoms with van der Waals surface area (Å²) in [6, 6.07) is 11.1. The molecule has 1 N–H and O–H groups in total. The van der Waals surface area contributed by atoms with Crippen LogP contribution in [0.3, 0.4) is 0 Å². The first kappa shape index (κ1) is 17.3. The van der Waals surface area contributed by atoms with E-state index in [1.54, 1.807) is 12.1 Å². The van der Waals surface area contributed by atoms with Crippen LogP contribution in [0.15, 0.2) is 47.1 Å². The lowest BCUT2D eigenvalue weighted by Crippen LogP contribution is -2.32. The lowest BCUT2D eigenvalue weighted by Gasteiger charge is -2.17. The van der Waals surface area contributed by atoms with Gasteiger partial charge in [-0.05, 0) is 37.1 Å². The first-order chi connectivity index (χ1) is 13.2. The molecular weight excluding hydrogens is 344 g/mol. The molecule has 27 heavy (non-hydrogen) atoms. The van der Waals surface area contributed by atoms with E-state index in [0.717, 1.165) is 42.8 Å². The molecule has 0 saturated carbocycles. The van der Waals surface area contributed by atoms with E-state index in [0.29, 0.717) is 13.0 Å². The largest absolute Gasteiger partial charge is 0.459 e. The molecular formula is C20H22N4O3. The van der Waals surface area contributed by atoms with Crippen molar-refractivity contribution in [3.63, 3.8) is 0 Å². The molecule has 7 nitrogen and oxygen atoms in total. The Labute approximate surface area is 157 Å². The zero-order valence-electron chi connectivity index (χ0n) is 15.1. The van der Waals surface area contributed by atoms with Gasteiger partial charge in [0.2, 0.25) is 5.91 Å². The van der Waals surface area contributed by atoms with Gasteiger partial charge in [0.25, 0.3) is 5.91 Å². The Bertz CT molecular complexity index is 939. The molecule has 1 saturated heterocycles.